The van der Waals surface area contributed by atoms with Crippen molar-refractivity contribution >= 4 is 21.5 Å². The fourth-order valence-corrected chi connectivity index (χ4v) is 2.46. The number of nitrogens with zero attached hydrogens (tertiary/aromatic N) is 1. The Labute approximate surface area is 129 Å². The highest BCUT2D eigenvalue weighted by molar-refractivity contribution is 6.02. The van der Waals surface area contributed by atoms with Gasteiger partial charge in [0.25, 0.3) is 0 Å². The summed E-state index contributed by atoms with van der Waals surface area (Å²) in [5.74, 6) is 0. The summed E-state index contributed by atoms with van der Waals surface area (Å²) in [6.45, 7) is -7.89. The Kier molecular flexibility index (Phi) is 2.02. The summed E-state index contributed by atoms with van der Waals surface area (Å²) in [5.41, 5.74) is 0.789. The summed E-state index contributed by atoms with van der Waals surface area (Å²) < 4.78 is 57.9. The number of benzene rings is 3. The predicted octanol–water partition coefficient (Wildman–Crippen LogP) is 4.03. The van der Waals surface area contributed by atoms with Crippen molar-refractivity contribution in [1.29, 1.82) is 0 Å². The smallest absolute Gasteiger partial charge is 0.0989 e. The van der Waals surface area contributed by atoms with Crippen LogP contribution in [0, 0.1) is 0 Å². The van der Waals surface area contributed by atoms with E-state index in [9.17, 15) is 0 Å². The third kappa shape index (κ3) is 2.53. The van der Waals surface area contributed by atoms with Gasteiger partial charge in [-0.15, -0.1) is 0 Å². The van der Waals surface area contributed by atoms with E-state index in [1.165, 1.54) is 0 Å². The second-order valence-electron chi connectivity index (χ2n) is 4.58. The van der Waals surface area contributed by atoms with Crippen LogP contribution in [0.4, 0.5) is 0 Å². The second kappa shape index (κ2) is 5.61. The molecule has 3 aromatic rings. The van der Waals surface area contributed by atoms with Crippen molar-refractivity contribution < 1.29 is 14.3 Å². The van der Waals surface area contributed by atoms with Crippen LogP contribution in [0.5, 0.6) is 0 Å². The fourth-order valence-electron chi connectivity index (χ4n) is 2.46. The van der Waals surface area contributed by atoms with E-state index in [0.717, 1.165) is 27.1 Å². The van der Waals surface area contributed by atoms with Gasteiger partial charge < -0.3 is 4.74 Å². The summed E-state index contributed by atoms with van der Waals surface area (Å²) in [6.07, 6.45) is 0. The van der Waals surface area contributed by atoms with Gasteiger partial charge in [0.1, 0.15) is 0 Å². The van der Waals surface area contributed by atoms with Crippen LogP contribution in [0.15, 0.2) is 54.6 Å². The number of ether oxygens (including phenoxy) is 1. The minimum absolute atomic E-state index is 0.0846. The lowest BCUT2D eigenvalue weighted by Crippen LogP contribution is -2.15. The van der Waals surface area contributed by atoms with Gasteiger partial charge in [0.05, 0.1) is 14.7 Å². The molecule has 0 fully saturated rings. The van der Waals surface area contributed by atoms with E-state index in [-0.39, 0.29) is 11.5 Å². The van der Waals surface area contributed by atoms with Gasteiger partial charge in [0.15, 0.2) is 0 Å². The highest BCUT2D eigenvalue weighted by atomic mass is 16.5. The van der Waals surface area contributed by atoms with Crippen LogP contribution >= 0.6 is 0 Å². The van der Waals surface area contributed by atoms with Crippen molar-refractivity contribution in [2.75, 3.05) is 20.7 Å². The van der Waals surface area contributed by atoms with Gasteiger partial charge in [0.2, 0.25) is 0 Å². The van der Waals surface area contributed by atoms with E-state index in [0.29, 0.717) is 0 Å². The minimum Gasteiger partial charge on any atom is -0.361 e. The summed E-state index contributed by atoms with van der Waals surface area (Å²) in [7, 11) is 0. The standard InChI is InChI=1S/C18H19NO/c1-19(2)13-20-12-18-16-9-5-3-7-14(16)11-15-8-4-6-10-17(15)18/h3-11H,12-13H2,1-2H3/i1D3,2D3,13D. The zero-order valence-electron chi connectivity index (χ0n) is 17.8. The largest absolute Gasteiger partial charge is 0.361 e. The van der Waals surface area contributed by atoms with Crippen LogP contribution in [0.3, 0.4) is 0 Å². The lowest BCUT2D eigenvalue weighted by Gasteiger charge is -2.14. The van der Waals surface area contributed by atoms with Gasteiger partial charge in [-0.25, -0.2) is 0 Å². The van der Waals surface area contributed by atoms with Crippen LogP contribution in [0.1, 0.15) is 15.2 Å². The van der Waals surface area contributed by atoms with E-state index >= 15 is 0 Å². The van der Waals surface area contributed by atoms with Crippen LogP contribution < -0.4 is 0 Å². The van der Waals surface area contributed by atoms with E-state index < -0.39 is 20.7 Å². The summed E-state index contributed by atoms with van der Waals surface area (Å²) in [6, 6.07) is 17.4. The van der Waals surface area contributed by atoms with Crippen LogP contribution in [-0.4, -0.2) is 25.6 Å². The van der Waals surface area contributed by atoms with Crippen molar-refractivity contribution in [1.82, 2.24) is 4.90 Å². The molecule has 0 bridgehead atoms. The maximum Gasteiger partial charge on any atom is 0.0989 e. The number of fused-ring (bicyclic) bond motifs is 2. The molecule has 0 radical (unpaired) electrons. The fraction of sp³-hybridized carbons (Fsp3) is 0.222. The third-order valence-corrected chi connectivity index (χ3v) is 3.29. The molecule has 0 saturated carbocycles. The molecule has 102 valence electrons. The Morgan fingerprint density at radius 2 is 1.60 bits per heavy atom. The molecule has 0 N–H and O–H groups in total. The first kappa shape index (κ1) is 7.21. The SMILES string of the molecule is [2H]C(OCc1c2ccccc2cc2ccccc12)N(C([2H])([2H])[2H])C([2H])([2H])[2H]. The average Bonchev–Trinajstić information content (AvgIpc) is 2.56. The molecular weight excluding hydrogens is 246 g/mol. The lowest BCUT2D eigenvalue weighted by atomic mass is 9.97. The number of rotatable bonds is 4. The summed E-state index contributed by atoms with van der Waals surface area (Å²) >= 11 is 0. The number of hydrogen-bond donors (Lipinski definition) is 0. The first-order valence-electron chi connectivity index (χ1n) is 9.89. The molecule has 2 heteroatoms. The molecule has 0 saturated heterocycles. The quantitative estimate of drug-likeness (QED) is 0.525. The Balaban J connectivity index is 1.98. The number of hydrogen-bond acceptors (Lipinski definition) is 2. The maximum absolute atomic E-state index is 7.99. The molecular formula is C18H19NO. The molecule has 1 atom stereocenters. The third-order valence-electron chi connectivity index (χ3n) is 3.29. The molecule has 0 heterocycles. The zero-order valence-corrected chi connectivity index (χ0v) is 10.8. The Hall–Kier alpha value is -1.90. The molecule has 0 aliphatic heterocycles. The van der Waals surface area contributed by atoms with E-state index in [4.69, 9.17) is 14.3 Å². The molecule has 1 unspecified atom stereocenters. The molecule has 20 heavy (non-hydrogen) atoms. The normalized spacial score (nSPS) is 19.6. The van der Waals surface area contributed by atoms with Crippen molar-refractivity contribution in [3.8, 4) is 0 Å². The second-order valence-corrected chi connectivity index (χ2v) is 4.58. The van der Waals surface area contributed by atoms with Gasteiger partial charge >= 0.3 is 0 Å². The first-order valence-corrected chi connectivity index (χ1v) is 6.32. The molecule has 0 amide bonds. The van der Waals surface area contributed by atoms with Gasteiger partial charge in [-0.2, -0.15) is 0 Å². The van der Waals surface area contributed by atoms with Crippen LogP contribution in [0.25, 0.3) is 21.5 Å². The zero-order chi connectivity index (χ0) is 19.8. The Morgan fingerprint density at radius 1 is 1.00 bits per heavy atom. The van der Waals surface area contributed by atoms with Crippen molar-refractivity contribution in [3.05, 3.63) is 60.2 Å². The molecule has 0 aliphatic rings. The lowest BCUT2D eigenvalue weighted by molar-refractivity contribution is 0.0462. The topological polar surface area (TPSA) is 12.5 Å². The van der Waals surface area contributed by atoms with E-state index in [1.54, 1.807) is 0 Å². The Morgan fingerprint density at radius 3 is 2.20 bits per heavy atom. The predicted molar refractivity (Wildman–Crippen MR) is 84.8 cm³/mol. The van der Waals surface area contributed by atoms with Gasteiger partial charge in [-0.3, -0.25) is 4.90 Å². The van der Waals surface area contributed by atoms with E-state index in [1.807, 2.05) is 54.6 Å². The monoisotopic (exact) mass is 272 g/mol. The van der Waals surface area contributed by atoms with Gasteiger partial charge in [-0.05, 0) is 47.1 Å². The van der Waals surface area contributed by atoms with Crippen molar-refractivity contribution in [2.45, 2.75) is 6.61 Å². The van der Waals surface area contributed by atoms with Gasteiger partial charge in [-0.1, -0.05) is 48.5 Å². The maximum atomic E-state index is 7.99. The summed E-state index contributed by atoms with van der Waals surface area (Å²) in [4.78, 5) is 0.118. The average molecular weight is 272 g/mol. The van der Waals surface area contributed by atoms with Gasteiger partial charge in [0, 0.05) is 8.22 Å². The highest BCUT2D eigenvalue weighted by Crippen LogP contribution is 2.28. The van der Waals surface area contributed by atoms with Crippen LogP contribution in [0.2, 0.25) is 0 Å². The molecule has 2 nitrogen and oxygen atoms in total. The Bertz CT molecular complexity index is 884. The van der Waals surface area contributed by atoms with Crippen LogP contribution in [-0.2, 0) is 11.3 Å². The van der Waals surface area contributed by atoms with Crippen molar-refractivity contribution in [3.63, 3.8) is 0 Å². The minimum atomic E-state index is -2.97. The highest BCUT2D eigenvalue weighted by Gasteiger charge is 2.07. The molecule has 3 rings (SSSR count). The molecule has 0 aromatic heterocycles. The van der Waals surface area contributed by atoms with E-state index in [2.05, 4.69) is 0 Å². The molecule has 3 aromatic carbocycles. The summed E-state index contributed by atoms with van der Waals surface area (Å²) in [5, 5.41) is 3.80. The molecule has 0 aliphatic carbocycles. The molecule has 0 spiro atoms. The van der Waals surface area contributed by atoms with Crippen molar-refractivity contribution in [2.24, 2.45) is 0 Å². The first-order chi connectivity index (χ1) is 12.6.